The zero-order valence-corrected chi connectivity index (χ0v) is 7.50. The molecule has 0 unspecified atom stereocenters. The summed E-state index contributed by atoms with van der Waals surface area (Å²) in [5.74, 6) is -1.82. The lowest BCUT2D eigenvalue weighted by Crippen LogP contribution is -2.24. The topological polar surface area (TPSA) is 94.1 Å². The molecule has 1 aromatic rings. The Morgan fingerprint density at radius 3 is 2.92 bits per heavy atom. The van der Waals surface area contributed by atoms with Crippen LogP contribution in [0.1, 0.15) is 6.92 Å². The molecule has 1 rings (SSSR count). The molecule has 0 aliphatic heterocycles. The van der Waals surface area contributed by atoms with Crippen LogP contribution in [0.3, 0.4) is 0 Å². The molecule has 1 aromatic heterocycles. The molecule has 7 nitrogen and oxygen atoms in total. The summed E-state index contributed by atoms with van der Waals surface area (Å²) in [6.45, 7) is 1.76. The van der Waals surface area contributed by atoms with Crippen LogP contribution in [0.2, 0.25) is 0 Å². The lowest BCUT2D eigenvalue weighted by Gasteiger charge is -1.98. The molecule has 1 N–H and O–H groups in total. The minimum Gasteiger partial charge on any atom is -0.459 e. The fourth-order valence-electron chi connectivity index (χ4n) is 0.527. The Labute approximate surface area is 77.3 Å². The van der Waals surface area contributed by atoms with Gasteiger partial charge in [-0.05, 0) is 12.1 Å². The zero-order valence-electron chi connectivity index (χ0n) is 6.68. The lowest BCUT2D eigenvalue weighted by atomic mass is 10.6. The number of hydrogen-bond acceptors (Lipinski definition) is 7. The van der Waals surface area contributed by atoms with Gasteiger partial charge in [0.15, 0.2) is 0 Å². The van der Waals surface area contributed by atoms with Crippen molar-refractivity contribution >= 4 is 28.5 Å². The van der Waals surface area contributed by atoms with Crippen LogP contribution in [0.15, 0.2) is 0 Å². The molecule has 0 atom stereocenters. The number of nitrogens with zero attached hydrogens (tertiary/aromatic N) is 3. The zero-order chi connectivity index (χ0) is 9.68. The van der Waals surface area contributed by atoms with Crippen LogP contribution in [0, 0.1) is 0 Å². The molecule has 0 aliphatic rings. The van der Waals surface area contributed by atoms with Gasteiger partial charge in [-0.25, -0.2) is 4.79 Å². The van der Waals surface area contributed by atoms with E-state index in [-0.39, 0.29) is 11.7 Å². The molecule has 70 valence electrons. The maximum Gasteiger partial charge on any atom is 0.397 e. The molecular weight excluding hydrogens is 196 g/mol. The third-order valence-electron chi connectivity index (χ3n) is 0.981. The van der Waals surface area contributed by atoms with Gasteiger partial charge in [0.25, 0.3) is 0 Å². The highest BCUT2D eigenvalue weighted by atomic mass is 32.1. The largest absolute Gasteiger partial charge is 0.459 e. The number of rotatable bonds is 2. The average molecular weight is 202 g/mol. The maximum atomic E-state index is 10.9. The first-order chi connectivity index (χ1) is 6.24. The molecule has 1 heterocycles. The number of ether oxygens (including phenoxy) is 1. The summed E-state index contributed by atoms with van der Waals surface area (Å²) < 4.78 is 7.83. The van der Waals surface area contributed by atoms with Gasteiger partial charge in [-0.15, -0.1) is 0 Å². The predicted octanol–water partition coefficient (Wildman–Crippen LogP) is -0.565. The maximum absolute atomic E-state index is 10.9. The third kappa shape index (κ3) is 2.75. The van der Waals surface area contributed by atoms with Crippen LogP contribution in [-0.4, -0.2) is 33.3 Å². The number of esters is 1. The van der Waals surface area contributed by atoms with Crippen molar-refractivity contribution in [2.75, 3.05) is 11.9 Å². The first kappa shape index (κ1) is 9.52. The molecule has 0 aliphatic carbocycles. The van der Waals surface area contributed by atoms with E-state index in [1.807, 2.05) is 0 Å². The van der Waals surface area contributed by atoms with E-state index in [9.17, 15) is 9.59 Å². The molecule has 1 amide bonds. The summed E-state index contributed by atoms with van der Waals surface area (Å²) in [7, 11) is 0. The van der Waals surface area contributed by atoms with E-state index >= 15 is 0 Å². The third-order valence-corrected chi connectivity index (χ3v) is 1.49. The monoisotopic (exact) mass is 202 g/mol. The second-order valence-corrected chi connectivity index (χ2v) is 2.57. The van der Waals surface area contributed by atoms with Crippen molar-refractivity contribution in [2.45, 2.75) is 6.92 Å². The number of hydrogen-bond donors (Lipinski definition) is 1. The van der Waals surface area contributed by atoms with Crippen molar-refractivity contribution in [1.82, 2.24) is 14.8 Å². The number of carbonyl (C=O) groups is 2. The number of aromatic nitrogens is 3. The quantitative estimate of drug-likeness (QED) is 0.510. The van der Waals surface area contributed by atoms with Crippen LogP contribution in [0.4, 0.5) is 5.13 Å². The van der Waals surface area contributed by atoms with Crippen molar-refractivity contribution in [3.8, 4) is 0 Å². The molecule has 8 heteroatoms. The highest BCUT2D eigenvalue weighted by molar-refractivity contribution is 7.09. The SMILES string of the molecule is CCOC(=O)C(=O)Nc1nnns1. The summed E-state index contributed by atoms with van der Waals surface area (Å²) in [6.07, 6.45) is 0. The highest BCUT2D eigenvalue weighted by Gasteiger charge is 2.15. The normalized spacial score (nSPS) is 9.31. The number of anilines is 1. The van der Waals surface area contributed by atoms with Gasteiger partial charge in [0.05, 0.1) is 6.61 Å². The fourth-order valence-corrected chi connectivity index (χ4v) is 0.888. The molecule has 0 fully saturated rings. The summed E-state index contributed by atoms with van der Waals surface area (Å²) in [5, 5.41) is 8.99. The van der Waals surface area contributed by atoms with E-state index < -0.39 is 11.9 Å². The Morgan fingerprint density at radius 1 is 1.62 bits per heavy atom. The number of amides is 1. The number of carbonyl (C=O) groups excluding carboxylic acids is 2. The summed E-state index contributed by atoms with van der Waals surface area (Å²) >= 11 is 0.875. The predicted molar refractivity (Wildman–Crippen MR) is 43.0 cm³/mol. The second-order valence-electron chi connectivity index (χ2n) is 1.84. The Morgan fingerprint density at radius 2 is 2.38 bits per heavy atom. The van der Waals surface area contributed by atoms with Gasteiger partial charge in [0, 0.05) is 11.5 Å². The molecule has 0 radical (unpaired) electrons. The van der Waals surface area contributed by atoms with E-state index in [0.717, 1.165) is 11.5 Å². The van der Waals surface area contributed by atoms with Crippen LogP contribution < -0.4 is 5.32 Å². The Balaban J connectivity index is 2.46. The summed E-state index contributed by atoms with van der Waals surface area (Å²) in [4.78, 5) is 21.7. The first-order valence-corrected chi connectivity index (χ1v) is 4.14. The molecule has 0 bridgehead atoms. The van der Waals surface area contributed by atoms with Crippen molar-refractivity contribution in [2.24, 2.45) is 0 Å². The van der Waals surface area contributed by atoms with Gasteiger partial charge in [-0.3, -0.25) is 10.1 Å². The summed E-state index contributed by atoms with van der Waals surface area (Å²) in [5.41, 5.74) is 0. The van der Waals surface area contributed by atoms with E-state index in [1.54, 1.807) is 6.92 Å². The standard InChI is InChI=1S/C5H6N4O3S/c1-2-12-4(11)3(10)6-5-7-8-9-13-5/h2H2,1H3,(H,6,7,9,10). The average Bonchev–Trinajstić information content (AvgIpc) is 2.57. The van der Waals surface area contributed by atoms with Crippen molar-refractivity contribution in [3.63, 3.8) is 0 Å². The Bertz CT molecular complexity index is 299. The van der Waals surface area contributed by atoms with Gasteiger partial charge < -0.3 is 4.74 Å². The Hall–Kier alpha value is -1.57. The van der Waals surface area contributed by atoms with Crippen LogP contribution in [0.5, 0.6) is 0 Å². The number of nitrogens with one attached hydrogen (secondary N) is 1. The Kier molecular flexibility index (Phi) is 3.26. The lowest BCUT2D eigenvalue weighted by molar-refractivity contribution is -0.152. The van der Waals surface area contributed by atoms with Crippen LogP contribution in [0.25, 0.3) is 0 Å². The molecular formula is C5H6N4O3S. The second kappa shape index (κ2) is 4.45. The molecule has 0 saturated heterocycles. The van der Waals surface area contributed by atoms with Gasteiger partial charge >= 0.3 is 11.9 Å². The summed E-state index contributed by atoms with van der Waals surface area (Å²) in [6, 6.07) is 0. The highest BCUT2D eigenvalue weighted by Crippen LogP contribution is 2.03. The minimum atomic E-state index is -0.947. The van der Waals surface area contributed by atoms with E-state index in [4.69, 9.17) is 0 Å². The van der Waals surface area contributed by atoms with Gasteiger partial charge in [0.1, 0.15) is 0 Å². The molecule has 13 heavy (non-hydrogen) atoms. The van der Waals surface area contributed by atoms with E-state index in [1.165, 1.54) is 0 Å². The van der Waals surface area contributed by atoms with Crippen molar-refractivity contribution < 1.29 is 14.3 Å². The fraction of sp³-hybridized carbons (Fsp3) is 0.400. The molecule has 0 saturated carbocycles. The molecule has 0 spiro atoms. The van der Waals surface area contributed by atoms with E-state index in [2.05, 4.69) is 24.9 Å². The van der Waals surface area contributed by atoms with Gasteiger partial charge in [-0.1, -0.05) is 9.59 Å². The molecule has 0 aromatic carbocycles. The van der Waals surface area contributed by atoms with Crippen LogP contribution in [-0.2, 0) is 14.3 Å². The first-order valence-electron chi connectivity index (χ1n) is 3.37. The van der Waals surface area contributed by atoms with Crippen molar-refractivity contribution in [1.29, 1.82) is 0 Å². The van der Waals surface area contributed by atoms with Crippen LogP contribution >= 0.6 is 11.5 Å². The smallest absolute Gasteiger partial charge is 0.397 e. The van der Waals surface area contributed by atoms with E-state index in [0.29, 0.717) is 0 Å². The minimum absolute atomic E-state index is 0.153. The van der Waals surface area contributed by atoms with Crippen molar-refractivity contribution in [3.05, 3.63) is 0 Å². The van der Waals surface area contributed by atoms with Gasteiger partial charge in [0.2, 0.25) is 5.13 Å². The van der Waals surface area contributed by atoms with Gasteiger partial charge in [-0.2, -0.15) is 0 Å².